The number of aromatic nitrogens is 2. The first kappa shape index (κ1) is 22.1. The van der Waals surface area contributed by atoms with E-state index in [1.807, 2.05) is 62.4 Å². The predicted molar refractivity (Wildman–Crippen MR) is 126 cm³/mol. The number of nitrogens with one attached hydrogen (secondary N) is 1. The maximum atomic E-state index is 13.0. The summed E-state index contributed by atoms with van der Waals surface area (Å²) in [5.41, 5.74) is 4.50. The summed E-state index contributed by atoms with van der Waals surface area (Å²) >= 11 is 6.25. The van der Waals surface area contributed by atoms with Crippen molar-refractivity contribution < 1.29 is 9.32 Å². The smallest absolute Gasteiger partial charge is 0.322 e. The molecule has 2 amide bonds. The minimum atomic E-state index is -0.435. The van der Waals surface area contributed by atoms with E-state index >= 15 is 0 Å². The molecular weight excluding hydrogens is 424 g/mol. The van der Waals surface area contributed by atoms with Crippen LogP contribution in [0.15, 0.2) is 58.8 Å². The van der Waals surface area contributed by atoms with Gasteiger partial charge in [-0.1, -0.05) is 78.5 Å². The molecule has 0 saturated carbocycles. The van der Waals surface area contributed by atoms with Crippen LogP contribution >= 0.6 is 11.6 Å². The lowest BCUT2D eigenvalue weighted by Gasteiger charge is -2.35. The fourth-order valence-corrected chi connectivity index (χ4v) is 4.14. The van der Waals surface area contributed by atoms with Crippen LogP contribution in [0.1, 0.15) is 56.2 Å². The zero-order valence-corrected chi connectivity index (χ0v) is 19.3. The predicted octanol–water partition coefficient (Wildman–Crippen LogP) is 6.39. The van der Waals surface area contributed by atoms with Gasteiger partial charge in [-0.15, -0.1) is 0 Å². The van der Waals surface area contributed by atoms with Gasteiger partial charge in [-0.3, -0.25) is 4.90 Å². The SMILES string of the molecule is CCCCCN1C(=O)NC(c2cccc(Cl)c2)C(c2nc(-c3ccc(C)cc3)no2)=C1C. The van der Waals surface area contributed by atoms with Crippen LogP contribution in [0.5, 0.6) is 0 Å². The number of aryl methyl sites for hydroxylation is 1. The van der Waals surface area contributed by atoms with E-state index in [4.69, 9.17) is 21.1 Å². The molecule has 1 N–H and O–H groups in total. The lowest BCUT2D eigenvalue weighted by molar-refractivity contribution is 0.204. The summed E-state index contributed by atoms with van der Waals surface area (Å²) in [7, 11) is 0. The number of unbranched alkanes of at least 4 members (excludes halogenated alkanes) is 2. The Hall–Kier alpha value is -3.12. The van der Waals surface area contributed by atoms with E-state index in [1.54, 1.807) is 4.90 Å². The standard InChI is InChI=1S/C25H27ClN4O2/c1-4-5-6-14-30-17(3)21(22(27-25(30)31)19-8-7-9-20(26)15-19)24-28-23(29-32-24)18-12-10-16(2)11-13-18/h7-13,15,22H,4-6,14H2,1-3H3,(H,27,31). The van der Waals surface area contributed by atoms with Crippen LogP contribution in [0, 0.1) is 6.92 Å². The van der Waals surface area contributed by atoms with Crippen molar-refractivity contribution in [3.63, 3.8) is 0 Å². The molecule has 0 fully saturated rings. The van der Waals surface area contributed by atoms with Crippen molar-refractivity contribution in [1.29, 1.82) is 0 Å². The number of urea groups is 1. The Kier molecular flexibility index (Phi) is 6.61. The molecule has 2 heterocycles. The Bertz CT molecular complexity index is 1140. The van der Waals surface area contributed by atoms with Crippen LogP contribution in [-0.4, -0.2) is 27.6 Å². The molecule has 0 radical (unpaired) electrons. The fraction of sp³-hybridized carbons (Fsp3) is 0.320. The van der Waals surface area contributed by atoms with E-state index in [0.717, 1.165) is 47.2 Å². The van der Waals surface area contributed by atoms with Gasteiger partial charge < -0.3 is 9.84 Å². The Balaban J connectivity index is 1.77. The Morgan fingerprint density at radius 3 is 2.62 bits per heavy atom. The Labute approximate surface area is 193 Å². The van der Waals surface area contributed by atoms with Gasteiger partial charge in [0.05, 0.1) is 11.6 Å². The number of rotatable bonds is 7. The van der Waals surface area contributed by atoms with Crippen molar-refractivity contribution in [2.75, 3.05) is 6.54 Å². The fourth-order valence-electron chi connectivity index (χ4n) is 3.94. The molecule has 1 atom stereocenters. The molecule has 0 aliphatic carbocycles. The molecule has 0 spiro atoms. The highest BCUT2D eigenvalue weighted by Crippen LogP contribution is 2.38. The van der Waals surface area contributed by atoms with Crippen molar-refractivity contribution in [3.05, 3.63) is 76.3 Å². The highest BCUT2D eigenvalue weighted by atomic mass is 35.5. The summed E-state index contributed by atoms with van der Waals surface area (Å²) in [6.45, 7) is 6.75. The van der Waals surface area contributed by atoms with Crippen molar-refractivity contribution in [2.45, 2.75) is 46.1 Å². The molecule has 1 aliphatic rings. The molecule has 166 valence electrons. The first-order chi connectivity index (χ1) is 15.5. The van der Waals surface area contributed by atoms with Gasteiger partial charge in [0, 0.05) is 22.8 Å². The highest BCUT2D eigenvalue weighted by molar-refractivity contribution is 6.30. The lowest BCUT2D eigenvalue weighted by atomic mass is 9.94. The number of amides is 2. The number of allylic oxidation sites excluding steroid dienone is 1. The molecule has 7 heteroatoms. The largest absolute Gasteiger partial charge is 0.334 e. The minimum Gasteiger partial charge on any atom is -0.334 e. The van der Waals surface area contributed by atoms with Crippen molar-refractivity contribution in [1.82, 2.24) is 20.4 Å². The summed E-state index contributed by atoms with van der Waals surface area (Å²) in [6.07, 6.45) is 3.07. The van der Waals surface area contributed by atoms with Gasteiger partial charge in [-0.05, 0) is 38.0 Å². The summed E-state index contributed by atoms with van der Waals surface area (Å²) in [5, 5.41) is 7.93. The van der Waals surface area contributed by atoms with Crippen LogP contribution in [0.2, 0.25) is 5.02 Å². The van der Waals surface area contributed by atoms with Crippen molar-refractivity contribution >= 4 is 23.2 Å². The molecule has 0 saturated heterocycles. The zero-order chi connectivity index (χ0) is 22.7. The van der Waals surface area contributed by atoms with Gasteiger partial charge >= 0.3 is 6.03 Å². The number of carbonyl (C=O) groups is 1. The molecule has 1 unspecified atom stereocenters. The van der Waals surface area contributed by atoms with Gasteiger partial charge in [0.15, 0.2) is 0 Å². The maximum Gasteiger partial charge on any atom is 0.322 e. The number of benzene rings is 2. The van der Waals surface area contributed by atoms with E-state index in [0.29, 0.717) is 23.3 Å². The number of halogens is 1. The topological polar surface area (TPSA) is 71.3 Å². The quantitative estimate of drug-likeness (QED) is 0.423. The van der Waals surface area contributed by atoms with Crippen molar-refractivity contribution in [2.24, 2.45) is 0 Å². The van der Waals surface area contributed by atoms with Gasteiger partial charge in [0.2, 0.25) is 5.82 Å². The number of hydrogen-bond donors (Lipinski definition) is 1. The van der Waals surface area contributed by atoms with Crippen LogP contribution < -0.4 is 5.32 Å². The van der Waals surface area contributed by atoms with E-state index in [1.165, 1.54) is 0 Å². The monoisotopic (exact) mass is 450 g/mol. The molecule has 0 bridgehead atoms. The van der Waals surface area contributed by atoms with Crippen LogP contribution in [-0.2, 0) is 0 Å². The third-order valence-electron chi connectivity index (χ3n) is 5.73. The second kappa shape index (κ2) is 9.57. The zero-order valence-electron chi connectivity index (χ0n) is 18.6. The van der Waals surface area contributed by atoms with Gasteiger partial charge in [-0.2, -0.15) is 4.98 Å². The van der Waals surface area contributed by atoms with Crippen LogP contribution in [0.4, 0.5) is 4.79 Å². The van der Waals surface area contributed by atoms with Gasteiger partial charge in [-0.25, -0.2) is 4.79 Å². The maximum absolute atomic E-state index is 13.0. The van der Waals surface area contributed by atoms with Gasteiger partial charge in [0.1, 0.15) is 0 Å². The molecule has 4 rings (SSSR count). The van der Waals surface area contributed by atoms with E-state index in [9.17, 15) is 4.79 Å². The second-order valence-corrected chi connectivity index (χ2v) is 8.52. The second-order valence-electron chi connectivity index (χ2n) is 8.08. The first-order valence-corrected chi connectivity index (χ1v) is 11.3. The normalized spacial score (nSPS) is 16.4. The van der Waals surface area contributed by atoms with E-state index < -0.39 is 6.04 Å². The minimum absolute atomic E-state index is 0.134. The number of hydrogen-bond acceptors (Lipinski definition) is 4. The molecular formula is C25H27ClN4O2. The summed E-state index contributed by atoms with van der Waals surface area (Å²) in [5.74, 6) is 0.906. The van der Waals surface area contributed by atoms with E-state index in [2.05, 4.69) is 17.4 Å². The summed E-state index contributed by atoms with van der Waals surface area (Å²) in [6, 6.07) is 14.9. The number of carbonyl (C=O) groups excluding carboxylic acids is 1. The average Bonchev–Trinajstić information content (AvgIpc) is 3.26. The third-order valence-corrected chi connectivity index (χ3v) is 5.96. The highest BCUT2D eigenvalue weighted by Gasteiger charge is 2.35. The number of nitrogens with zero attached hydrogens (tertiary/aromatic N) is 3. The van der Waals surface area contributed by atoms with Crippen LogP contribution in [0.25, 0.3) is 17.0 Å². The molecule has 3 aromatic rings. The van der Waals surface area contributed by atoms with Crippen LogP contribution in [0.3, 0.4) is 0 Å². The molecule has 2 aromatic carbocycles. The molecule has 6 nitrogen and oxygen atoms in total. The lowest BCUT2D eigenvalue weighted by Crippen LogP contribution is -2.46. The summed E-state index contributed by atoms with van der Waals surface area (Å²) in [4.78, 5) is 19.4. The van der Waals surface area contributed by atoms with Crippen molar-refractivity contribution in [3.8, 4) is 11.4 Å². The van der Waals surface area contributed by atoms with E-state index in [-0.39, 0.29) is 6.03 Å². The Morgan fingerprint density at radius 1 is 1.12 bits per heavy atom. The first-order valence-electron chi connectivity index (χ1n) is 10.9. The molecule has 32 heavy (non-hydrogen) atoms. The van der Waals surface area contributed by atoms with Gasteiger partial charge in [0.25, 0.3) is 5.89 Å². The third kappa shape index (κ3) is 4.55. The average molecular weight is 451 g/mol. The molecule has 1 aliphatic heterocycles. The molecule has 1 aromatic heterocycles. The summed E-state index contributed by atoms with van der Waals surface area (Å²) < 4.78 is 5.72. The Morgan fingerprint density at radius 2 is 1.91 bits per heavy atom.